The monoisotopic (exact) mass is 299 g/mol. The summed E-state index contributed by atoms with van der Waals surface area (Å²) in [6.45, 7) is 4.09. The quantitative estimate of drug-likeness (QED) is 0.490. The van der Waals surface area contributed by atoms with E-state index < -0.39 is 22.3 Å². The van der Waals surface area contributed by atoms with Crippen LogP contribution in [0.2, 0.25) is 0 Å². The first-order valence-corrected chi connectivity index (χ1v) is 6.32. The van der Waals surface area contributed by atoms with Gasteiger partial charge in [-0.1, -0.05) is 0 Å². The topological polar surface area (TPSA) is 98.7 Å². The second-order valence-electron chi connectivity index (χ2n) is 4.73. The van der Waals surface area contributed by atoms with E-state index in [0.717, 1.165) is 6.07 Å². The Morgan fingerprint density at radius 3 is 2.62 bits per heavy atom. The Kier molecular flexibility index (Phi) is 5.60. The number of nitrogens with two attached hydrogens (primary N) is 1. The fourth-order valence-corrected chi connectivity index (χ4v) is 1.84. The van der Waals surface area contributed by atoms with E-state index in [1.807, 2.05) is 0 Å². The van der Waals surface area contributed by atoms with Gasteiger partial charge < -0.3 is 15.4 Å². The molecule has 1 aromatic rings. The van der Waals surface area contributed by atoms with Gasteiger partial charge in [-0.05, 0) is 19.9 Å². The fourth-order valence-electron chi connectivity index (χ4n) is 1.84. The minimum atomic E-state index is -0.925. The van der Waals surface area contributed by atoms with Crippen molar-refractivity contribution < 1.29 is 18.8 Å². The largest absolute Gasteiger partial charge is 0.396 e. The highest BCUT2D eigenvalue weighted by Gasteiger charge is 2.27. The van der Waals surface area contributed by atoms with Crippen molar-refractivity contribution >= 4 is 17.3 Å². The number of nitrogen functional groups attached to an aromatic ring is 1. The van der Waals surface area contributed by atoms with Crippen molar-refractivity contribution in [3.8, 4) is 0 Å². The maximum Gasteiger partial charge on any atom is 0.285 e. The zero-order valence-electron chi connectivity index (χ0n) is 12.1. The van der Waals surface area contributed by atoms with E-state index >= 15 is 0 Å². The number of benzene rings is 1. The number of ether oxygens (including phenoxy) is 1. The molecule has 1 amide bonds. The average molecular weight is 299 g/mol. The number of anilines is 1. The third-order valence-corrected chi connectivity index (χ3v) is 2.96. The van der Waals surface area contributed by atoms with Crippen LogP contribution in [-0.2, 0) is 4.74 Å². The molecular formula is C13H18FN3O4. The maximum atomic E-state index is 13.4. The molecule has 21 heavy (non-hydrogen) atoms. The molecule has 1 aromatic carbocycles. The van der Waals surface area contributed by atoms with E-state index in [-0.39, 0.29) is 30.4 Å². The van der Waals surface area contributed by atoms with Gasteiger partial charge in [0, 0.05) is 19.7 Å². The van der Waals surface area contributed by atoms with Gasteiger partial charge in [-0.15, -0.1) is 0 Å². The predicted octanol–water partition coefficient (Wildman–Crippen LogP) is 1.81. The molecule has 0 spiro atoms. The number of hydrogen-bond acceptors (Lipinski definition) is 5. The molecule has 0 aliphatic heterocycles. The van der Waals surface area contributed by atoms with Crippen LogP contribution in [0.1, 0.15) is 24.2 Å². The molecule has 0 saturated carbocycles. The summed E-state index contributed by atoms with van der Waals surface area (Å²) in [6.07, 6.45) is 0. The average Bonchev–Trinajstić information content (AvgIpc) is 2.40. The van der Waals surface area contributed by atoms with E-state index in [2.05, 4.69) is 0 Å². The first kappa shape index (κ1) is 16.8. The number of nitro benzene ring substituents is 1. The van der Waals surface area contributed by atoms with Crippen LogP contribution in [-0.4, -0.2) is 42.0 Å². The Balaban J connectivity index is 3.26. The second kappa shape index (κ2) is 6.98. The molecule has 0 aliphatic rings. The number of carbonyl (C=O) groups excluding carboxylic acids is 1. The van der Waals surface area contributed by atoms with Crippen LogP contribution >= 0.6 is 0 Å². The van der Waals surface area contributed by atoms with E-state index in [9.17, 15) is 19.3 Å². The van der Waals surface area contributed by atoms with Crippen molar-refractivity contribution in [2.24, 2.45) is 0 Å². The molecule has 7 nitrogen and oxygen atoms in total. The normalized spacial score (nSPS) is 10.7. The van der Waals surface area contributed by atoms with Crippen LogP contribution in [0.25, 0.3) is 0 Å². The van der Waals surface area contributed by atoms with Gasteiger partial charge in [0.15, 0.2) is 5.82 Å². The number of amides is 1. The second-order valence-corrected chi connectivity index (χ2v) is 4.73. The summed E-state index contributed by atoms with van der Waals surface area (Å²) in [6, 6.07) is 1.47. The lowest BCUT2D eigenvalue weighted by molar-refractivity contribution is -0.385. The molecule has 8 heteroatoms. The minimum Gasteiger partial charge on any atom is -0.396 e. The van der Waals surface area contributed by atoms with Gasteiger partial charge >= 0.3 is 0 Å². The molecule has 2 N–H and O–H groups in total. The van der Waals surface area contributed by atoms with E-state index in [0.29, 0.717) is 6.07 Å². The molecule has 116 valence electrons. The fraction of sp³-hybridized carbons (Fsp3) is 0.462. The first-order valence-electron chi connectivity index (χ1n) is 6.32. The van der Waals surface area contributed by atoms with Gasteiger partial charge in [-0.2, -0.15) is 0 Å². The summed E-state index contributed by atoms with van der Waals surface area (Å²) in [5.74, 6) is -1.51. The van der Waals surface area contributed by atoms with Crippen LogP contribution in [0.15, 0.2) is 12.1 Å². The van der Waals surface area contributed by atoms with Gasteiger partial charge in [-0.25, -0.2) is 4.39 Å². The molecule has 1 rings (SSSR count). The number of rotatable bonds is 6. The Hall–Kier alpha value is -2.22. The molecule has 0 saturated heterocycles. The molecule has 0 radical (unpaired) electrons. The molecule has 0 heterocycles. The lowest BCUT2D eigenvalue weighted by Crippen LogP contribution is -2.39. The molecular weight excluding hydrogens is 281 g/mol. The summed E-state index contributed by atoms with van der Waals surface area (Å²) in [5.41, 5.74) is 4.27. The highest BCUT2D eigenvalue weighted by atomic mass is 19.1. The van der Waals surface area contributed by atoms with Crippen LogP contribution in [0.5, 0.6) is 0 Å². The maximum absolute atomic E-state index is 13.4. The van der Waals surface area contributed by atoms with Gasteiger partial charge in [0.05, 0.1) is 23.3 Å². The standard InChI is InChI=1S/C13H18FN3O4/c1-8(2)16(4-5-21-3)13(18)9-6-11(15)10(14)7-12(9)17(19)20/h6-8H,4-5,15H2,1-3H3. The van der Waals surface area contributed by atoms with Crippen molar-refractivity contribution in [1.82, 2.24) is 4.90 Å². The summed E-state index contributed by atoms with van der Waals surface area (Å²) < 4.78 is 18.3. The minimum absolute atomic E-state index is 0.196. The van der Waals surface area contributed by atoms with E-state index in [1.165, 1.54) is 12.0 Å². The summed E-state index contributed by atoms with van der Waals surface area (Å²) >= 11 is 0. The van der Waals surface area contributed by atoms with Gasteiger partial charge in [-0.3, -0.25) is 14.9 Å². The molecule has 0 fully saturated rings. The molecule has 0 unspecified atom stereocenters. The Labute approximate surface area is 121 Å². The van der Waals surface area contributed by atoms with Crippen molar-refractivity contribution in [3.63, 3.8) is 0 Å². The van der Waals surface area contributed by atoms with Gasteiger partial charge in [0.25, 0.3) is 11.6 Å². The van der Waals surface area contributed by atoms with Crippen molar-refractivity contribution in [2.75, 3.05) is 26.0 Å². The van der Waals surface area contributed by atoms with Gasteiger partial charge in [0.2, 0.25) is 0 Å². The highest BCUT2D eigenvalue weighted by molar-refractivity contribution is 5.99. The number of carbonyl (C=O) groups is 1. The SMILES string of the molecule is COCCN(C(=O)c1cc(N)c(F)cc1[N+](=O)[O-])C(C)C. The number of nitro groups is 1. The third kappa shape index (κ3) is 3.88. The Bertz CT molecular complexity index is 548. The summed E-state index contributed by atoms with van der Waals surface area (Å²) in [7, 11) is 1.49. The zero-order chi connectivity index (χ0) is 16.2. The Morgan fingerprint density at radius 1 is 1.52 bits per heavy atom. The number of hydrogen-bond donors (Lipinski definition) is 1. The van der Waals surface area contributed by atoms with Crippen LogP contribution in [0, 0.1) is 15.9 Å². The molecule has 0 aromatic heterocycles. The Morgan fingerprint density at radius 2 is 2.14 bits per heavy atom. The lowest BCUT2D eigenvalue weighted by atomic mass is 10.1. The van der Waals surface area contributed by atoms with E-state index in [4.69, 9.17) is 10.5 Å². The predicted molar refractivity (Wildman–Crippen MR) is 75.5 cm³/mol. The number of methoxy groups -OCH3 is 1. The number of halogens is 1. The number of nitrogens with zero attached hydrogens (tertiary/aromatic N) is 2. The smallest absolute Gasteiger partial charge is 0.285 e. The van der Waals surface area contributed by atoms with Crippen molar-refractivity contribution in [3.05, 3.63) is 33.6 Å². The van der Waals surface area contributed by atoms with Gasteiger partial charge in [0.1, 0.15) is 5.56 Å². The molecule has 0 aliphatic carbocycles. The van der Waals surface area contributed by atoms with Crippen LogP contribution in [0.4, 0.5) is 15.8 Å². The molecule has 0 bridgehead atoms. The van der Waals surface area contributed by atoms with Crippen LogP contribution < -0.4 is 5.73 Å². The first-order chi connectivity index (χ1) is 9.79. The van der Waals surface area contributed by atoms with Crippen molar-refractivity contribution in [1.29, 1.82) is 0 Å². The van der Waals surface area contributed by atoms with Crippen LogP contribution in [0.3, 0.4) is 0 Å². The highest BCUT2D eigenvalue weighted by Crippen LogP contribution is 2.26. The van der Waals surface area contributed by atoms with E-state index in [1.54, 1.807) is 13.8 Å². The van der Waals surface area contributed by atoms with Crippen molar-refractivity contribution in [2.45, 2.75) is 19.9 Å². The summed E-state index contributed by atoms with van der Waals surface area (Å²) in [5, 5.41) is 11.0. The zero-order valence-corrected chi connectivity index (χ0v) is 12.1. The molecule has 0 atom stereocenters. The summed E-state index contributed by atoms with van der Waals surface area (Å²) in [4.78, 5) is 24.1. The third-order valence-electron chi connectivity index (χ3n) is 2.96. The lowest BCUT2D eigenvalue weighted by Gasteiger charge is -2.26.